The van der Waals surface area contributed by atoms with Crippen LogP contribution < -0.4 is 0 Å². The van der Waals surface area contributed by atoms with Gasteiger partial charge in [-0.15, -0.1) is 0 Å². The third-order valence-electron chi connectivity index (χ3n) is 3.72. The van der Waals surface area contributed by atoms with E-state index in [4.69, 9.17) is 13.7 Å². The number of methoxy groups -OCH3 is 1. The minimum absolute atomic E-state index is 0.0812. The molecule has 0 aliphatic rings. The van der Waals surface area contributed by atoms with Crippen molar-refractivity contribution in [2.24, 2.45) is 0 Å². The highest BCUT2D eigenvalue weighted by atomic mass is 32.2. The molecule has 0 fully saturated rings. The average Bonchev–Trinajstić information content (AvgIpc) is 2.47. The maximum absolute atomic E-state index is 12.0. The van der Waals surface area contributed by atoms with Gasteiger partial charge in [-0.1, -0.05) is 18.2 Å². The largest absolute Gasteiger partial charge is 0.379 e. The van der Waals surface area contributed by atoms with Crippen molar-refractivity contribution < 1.29 is 22.1 Å². The summed E-state index contributed by atoms with van der Waals surface area (Å²) >= 11 is 0. The first-order chi connectivity index (χ1) is 10.6. The third-order valence-corrected chi connectivity index (χ3v) is 5.05. The van der Waals surface area contributed by atoms with Crippen molar-refractivity contribution in [2.75, 3.05) is 20.3 Å². The van der Waals surface area contributed by atoms with Crippen molar-refractivity contribution >= 4 is 10.1 Å². The smallest absolute Gasteiger partial charge is 0.296 e. The summed E-state index contributed by atoms with van der Waals surface area (Å²) in [5.41, 5.74) is -0.695. The molecular formula is C17H28O5S. The minimum atomic E-state index is -3.71. The van der Waals surface area contributed by atoms with Gasteiger partial charge in [-0.05, 0) is 46.2 Å². The summed E-state index contributed by atoms with van der Waals surface area (Å²) in [4.78, 5) is 0.167. The van der Waals surface area contributed by atoms with E-state index in [2.05, 4.69) is 0 Å². The molecule has 0 unspecified atom stereocenters. The van der Waals surface area contributed by atoms with Gasteiger partial charge >= 0.3 is 0 Å². The second kappa shape index (κ2) is 8.24. The quantitative estimate of drug-likeness (QED) is 0.609. The van der Waals surface area contributed by atoms with Crippen LogP contribution in [0.25, 0.3) is 0 Å². The number of hydrogen-bond donors (Lipinski definition) is 0. The molecule has 0 bridgehead atoms. The molecule has 132 valence electrons. The zero-order valence-electron chi connectivity index (χ0n) is 14.7. The number of rotatable bonds is 10. The van der Waals surface area contributed by atoms with Crippen molar-refractivity contribution in [1.29, 1.82) is 0 Å². The average molecular weight is 344 g/mol. The van der Waals surface area contributed by atoms with E-state index in [0.717, 1.165) is 6.42 Å². The summed E-state index contributed by atoms with van der Waals surface area (Å²) in [5, 5.41) is 0. The molecule has 0 spiro atoms. The SMILES string of the molecule is COC(C)(C)CCOC(C)(C)CCOS(=O)(=O)c1ccccc1. The van der Waals surface area contributed by atoms with E-state index in [1.165, 1.54) is 12.1 Å². The van der Waals surface area contributed by atoms with Crippen LogP contribution >= 0.6 is 0 Å². The summed E-state index contributed by atoms with van der Waals surface area (Å²) in [5.74, 6) is 0. The van der Waals surface area contributed by atoms with Crippen LogP contribution in [0.5, 0.6) is 0 Å². The van der Waals surface area contributed by atoms with E-state index in [-0.39, 0.29) is 17.1 Å². The molecule has 0 N–H and O–H groups in total. The molecular weight excluding hydrogens is 316 g/mol. The summed E-state index contributed by atoms with van der Waals surface area (Å²) in [6.07, 6.45) is 1.24. The predicted octanol–water partition coefficient (Wildman–Crippen LogP) is 3.39. The molecule has 0 saturated carbocycles. The Balaban J connectivity index is 2.42. The highest BCUT2D eigenvalue weighted by Gasteiger charge is 2.23. The maximum Gasteiger partial charge on any atom is 0.296 e. The van der Waals surface area contributed by atoms with Crippen molar-refractivity contribution in [2.45, 2.75) is 56.6 Å². The topological polar surface area (TPSA) is 61.8 Å². The first-order valence-corrected chi connectivity index (χ1v) is 9.12. The van der Waals surface area contributed by atoms with Crippen LogP contribution in [0, 0.1) is 0 Å². The molecule has 1 rings (SSSR count). The van der Waals surface area contributed by atoms with Crippen LogP contribution in [-0.2, 0) is 23.8 Å². The fourth-order valence-electron chi connectivity index (χ4n) is 1.80. The first kappa shape index (κ1) is 20.1. The van der Waals surface area contributed by atoms with E-state index in [0.29, 0.717) is 13.0 Å². The van der Waals surface area contributed by atoms with Gasteiger partial charge < -0.3 is 9.47 Å². The monoisotopic (exact) mass is 344 g/mol. The molecule has 0 atom stereocenters. The van der Waals surface area contributed by atoms with Gasteiger partial charge in [0.05, 0.1) is 29.3 Å². The molecule has 5 nitrogen and oxygen atoms in total. The van der Waals surface area contributed by atoms with Crippen molar-refractivity contribution in [3.05, 3.63) is 30.3 Å². The minimum Gasteiger partial charge on any atom is -0.379 e. The van der Waals surface area contributed by atoms with Crippen LogP contribution in [0.15, 0.2) is 35.2 Å². The molecule has 0 aromatic heterocycles. The van der Waals surface area contributed by atoms with Gasteiger partial charge in [0.2, 0.25) is 0 Å². The van der Waals surface area contributed by atoms with Gasteiger partial charge in [-0.2, -0.15) is 8.42 Å². The Morgan fingerprint density at radius 3 is 2.04 bits per heavy atom. The summed E-state index contributed by atoms with van der Waals surface area (Å²) < 4.78 is 40.3. The van der Waals surface area contributed by atoms with E-state index in [1.807, 2.05) is 27.7 Å². The molecule has 0 radical (unpaired) electrons. The van der Waals surface area contributed by atoms with E-state index in [9.17, 15) is 8.42 Å². The molecule has 1 aromatic carbocycles. The Morgan fingerprint density at radius 1 is 0.913 bits per heavy atom. The number of benzene rings is 1. The summed E-state index contributed by atoms with van der Waals surface area (Å²) in [6, 6.07) is 8.13. The van der Waals surface area contributed by atoms with Crippen molar-refractivity contribution in [1.82, 2.24) is 0 Å². The van der Waals surface area contributed by atoms with Crippen LogP contribution in [0.2, 0.25) is 0 Å². The van der Waals surface area contributed by atoms with Gasteiger partial charge in [0.25, 0.3) is 10.1 Å². The molecule has 0 heterocycles. The van der Waals surface area contributed by atoms with Gasteiger partial charge in [-0.25, -0.2) is 0 Å². The Bertz CT molecular complexity index is 564. The molecule has 1 aromatic rings. The Kier molecular flexibility index (Phi) is 7.20. The van der Waals surface area contributed by atoms with Crippen LogP contribution in [-0.4, -0.2) is 39.9 Å². The van der Waals surface area contributed by atoms with E-state index < -0.39 is 15.7 Å². The van der Waals surface area contributed by atoms with Gasteiger partial charge in [0, 0.05) is 13.5 Å². The lowest BCUT2D eigenvalue weighted by Crippen LogP contribution is -2.31. The molecule has 6 heteroatoms. The second-order valence-corrected chi connectivity index (χ2v) is 8.28. The Morgan fingerprint density at radius 2 is 1.48 bits per heavy atom. The van der Waals surface area contributed by atoms with Crippen molar-refractivity contribution in [3.63, 3.8) is 0 Å². The predicted molar refractivity (Wildman–Crippen MR) is 89.9 cm³/mol. The third kappa shape index (κ3) is 7.44. The first-order valence-electron chi connectivity index (χ1n) is 7.72. The Labute approximate surface area is 140 Å². The maximum atomic E-state index is 12.0. The highest BCUT2D eigenvalue weighted by molar-refractivity contribution is 7.86. The Hall–Kier alpha value is -0.950. The molecule has 0 aliphatic heterocycles. The van der Waals surface area contributed by atoms with Crippen LogP contribution in [0.4, 0.5) is 0 Å². The normalized spacial score (nSPS) is 13.3. The lowest BCUT2D eigenvalue weighted by atomic mass is 10.0. The fourth-order valence-corrected chi connectivity index (χ4v) is 2.73. The fraction of sp³-hybridized carbons (Fsp3) is 0.647. The van der Waals surface area contributed by atoms with Crippen molar-refractivity contribution in [3.8, 4) is 0 Å². The zero-order chi connectivity index (χ0) is 17.6. The number of ether oxygens (including phenoxy) is 2. The molecule has 23 heavy (non-hydrogen) atoms. The lowest BCUT2D eigenvalue weighted by Gasteiger charge is -2.28. The summed E-state index contributed by atoms with van der Waals surface area (Å²) in [7, 11) is -2.03. The van der Waals surface area contributed by atoms with Crippen LogP contribution in [0.1, 0.15) is 40.5 Å². The molecule has 0 amide bonds. The molecule has 0 aliphatic carbocycles. The van der Waals surface area contributed by atoms with Gasteiger partial charge in [-0.3, -0.25) is 4.18 Å². The van der Waals surface area contributed by atoms with Crippen LogP contribution in [0.3, 0.4) is 0 Å². The van der Waals surface area contributed by atoms with Gasteiger partial charge in [0.15, 0.2) is 0 Å². The summed E-state index contributed by atoms with van der Waals surface area (Å²) in [6.45, 7) is 8.46. The second-order valence-electron chi connectivity index (χ2n) is 6.66. The standard InChI is InChI=1S/C17H28O5S/c1-16(2,20-5)11-13-21-17(3,4)12-14-22-23(18,19)15-9-7-6-8-10-15/h6-10H,11-14H2,1-5H3. The zero-order valence-corrected chi connectivity index (χ0v) is 15.5. The van der Waals surface area contributed by atoms with E-state index >= 15 is 0 Å². The lowest BCUT2D eigenvalue weighted by molar-refractivity contribution is -0.0645. The van der Waals surface area contributed by atoms with E-state index in [1.54, 1.807) is 25.3 Å². The number of hydrogen-bond acceptors (Lipinski definition) is 5. The van der Waals surface area contributed by atoms with Gasteiger partial charge in [0.1, 0.15) is 0 Å². The highest BCUT2D eigenvalue weighted by Crippen LogP contribution is 2.20. The molecule has 0 saturated heterocycles.